The van der Waals surface area contributed by atoms with Gasteiger partial charge in [-0.25, -0.2) is 13.8 Å². The average Bonchev–Trinajstić information content (AvgIpc) is 2.11. The van der Waals surface area contributed by atoms with Crippen molar-refractivity contribution < 1.29 is 8.78 Å². The van der Waals surface area contributed by atoms with Crippen LogP contribution in [-0.2, 0) is 6.42 Å². The summed E-state index contributed by atoms with van der Waals surface area (Å²) in [6, 6.07) is 3.15. The van der Waals surface area contributed by atoms with Crippen LogP contribution < -0.4 is 0 Å². The summed E-state index contributed by atoms with van der Waals surface area (Å²) in [6.07, 6.45) is -2.69. The third kappa shape index (κ3) is 2.60. The molecule has 6 heteroatoms. The normalized spacial score (nSPS) is 10.3. The molecule has 1 aromatic heterocycles. The second-order valence-corrected chi connectivity index (χ2v) is 4.35. The largest absolute Gasteiger partial charge is 0.265 e. The molecule has 0 spiro atoms. The molecular weight excluding hydrogens is 369 g/mol. The van der Waals surface area contributed by atoms with Crippen molar-refractivity contribution in [3.8, 4) is 6.07 Å². The van der Waals surface area contributed by atoms with Gasteiger partial charge in [-0.2, -0.15) is 5.26 Å². The van der Waals surface area contributed by atoms with Crippen LogP contribution in [0.1, 0.15) is 17.7 Å². The van der Waals surface area contributed by atoms with Crippen molar-refractivity contribution in [2.45, 2.75) is 12.8 Å². The van der Waals surface area contributed by atoms with E-state index in [9.17, 15) is 8.78 Å². The van der Waals surface area contributed by atoms with E-state index in [1.807, 2.05) is 22.6 Å². The fraction of sp³-hybridized carbons (Fsp3) is 0.250. The monoisotopic (exact) mass is 372 g/mol. The van der Waals surface area contributed by atoms with Crippen LogP contribution >= 0.6 is 38.5 Å². The van der Waals surface area contributed by atoms with Crippen LogP contribution in [0.25, 0.3) is 0 Å². The summed E-state index contributed by atoms with van der Waals surface area (Å²) in [4.78, 5) is 3.89. The second kappa shape index (κ2) is 4.98. The van der Waals surface area contributed by atoms with Crippen molar-refractivity contribution in [2.24, 2.45) is 0 Å². The maximum absolute atomic E-state index is 12.5. The number of aromatic nitrogens is 1. The molecule has 0 radical (unpaired) electrons. The molecule has 0 unspecified atom stereocenters. The van der Waals surface area contributed by atoms with Gasteiger partial charge in [0.2, 0.25) is 0 Å². The average molecular weight is 373 g/mol. The zero-order valence-electron chi connectivity index (χ0n) is 6.77. The summed E-state index contributed by atoms with van der Waals surface area (Å²) in [5.41, 5.74) is -0.0334. The van der Waals surface area contributed by atoms with Crippen LogP contribution in [0, 0.1) is 14.9 Å². The van der Waals surface area contributed by atoms with Crippen LogP contribution in [0.4, 0.5) is 8.78 Å². The van der Waals surface area contributed by atoms with Crippen molar-refractivity contribution >= 4 is 38.5 Å². The van der Waals surface area contributed by atoms with E-state index >= 15 is 0 Å². The van der Waals surface area contributed by atoms with E-state index in [2.05, 4.69) is 20.9 Å². The molecule has 0 fully saturated rings. The first-order chi connectivity index (χ1) is 6.56. The van der Waals surface area contributed by atoms with Gasteiger partial charge >= 0.3 is 0 Å². The van der Waals surface area contributed by atoms with Crippen molar-refractivity contribution in [1.82, 2.24) is 4.98 Å². The Hall–Kier alpha value is -0.290. The van der Waals surface area contributed by atoms with Crippen molar-refractivity contribution in [2.75, 3.05) is 0 Å². The second-order valence-electron chi connectivity index (χ2n) is 2.43. The van der Waals surface area contributed by atoms with Gasteiger partial charge < -0.3 is 0 Å². The molecule has 14 heavy (non-hydrogen) atoms. The van der Waals surface area contributed by atoms with Gasteiger partial charge in [0.25, 0.3) is 6.43 Å². The number of hydrogen-bond donors (Lipinski definition) is 0. The topological polar surface area (TPSA) is 36.7 Å². The van der Waals surface area contributed by atoms with Crippen LogP contribution in [-0.4, -0.2) is 4.98 Å². The van der Waals surface area contributed by atoms with Crippen molar-refractivity contribution in [3.63, 3.8) is 0 Å². The molecule has 0 saturated heterocycles. The third-order valence-electron chi connectivity index (χ3n) is 1.53. The summed E-state index contributed by atoms with van der Waals surface area (Å²) < 4.78 is 26.1. The quantitative estimate of drug-likeness (QED) is 0.589. The predicted molar refractivity (Wildman–Crippen MR) is 58.9 cm³/mol. The summed E-state index contributed by atoms with van der Waals surface area (Å²) >= 11 is 5.03. The highest BCUT2D eigenvalue weighted by molar-refractivity contribution is 14.1. The van der Waals surface area contributed by atoms with Crippen molar-refractivity contribution in [3.05, 3.63) is 25.5 Å². The molecule has 0 bridgehead atoms. The van der Waals surface area contributed by atoms with Crippen molar-refractivity contribution in [1.29, 1.82) is 5.26 Å². The first kappa shape index (κ1) is 11.8. The van der Waals surface area contributed by atoms with Gasteiger partial charge in [-0.15, -0.1) is 0 Å². The highest BCUT2D eigenvalue weighted by Gasteiger charge is 2.16. The SMILES string of the molecule is N#CCc1nc(Br)c(I)cc1C(F)F. The Morgan fingerprint density at radius 3 is 2.79 bits per heavy atom. The number of pyridine rings is 1. The lowest BCUT2D eigenvalue weighted by Gasteiger charge is -2.06. The minimum absolute atomic E-state index is 0.102. The Labute approximate surface area is 102 Å². The molecule has 0 atom stereocenters. The molecule has 1 heterocycles. The van der Waals surface area contributed by atoms with E-state index in [1.54, 1.807) is 6.07 Å². The summed E-state index contributed by atoms with van der Waals surface area (Å²) in [5, 5.41) is 8.43. The highest BCUT2D eigenvalue weighted by Crippen LogP contribution is 2.27. The number of alkyl halides is 2. The van der Waals surface area contributed by atoms with E-state index < -0.39 is 6.43 Å². The fourth-order valence-corrected chi connectivity index (χ4v) is 1.71. The number of hydrogen-bond acceptors (Lipinski definition) is 2. The summed E-state index contributed by atoms with van der Waals surface area (Å²) in [7, 11) is 0. The molecule has 0 aromatic carbocycles. The number of nitriles is 1. The maximum atomic E-state index is 12.5. The Kier molecular flexibility index (Phi) is 4.19. The van der Waals surface area contributed by atoms with E-state index in [0.717, 1.165) is 0 Å². The third-order valence-corrected chi connectivity index (χ3v) is 3.70. The molecule has 1 rings (SSSR count). The molecule has 0 amide bonds. The van der Waals surface area contributed by atoms with Gasteiger partial charge in [-0.3, -0.25) is 0 Å². The van der Waals surface area contributed by atoms with Gasteiger partial charge in [0.05, 0.1) is 18.2 Å². The molecule has 74 valence electrons. The predicted octanol–water partition coefficient (Wildman–Crippen LogP) is 3.45. The lowest BCUT2D eigenvalue weighted by molar-refractivity contribution is 0.149. The molecule has 0 aliphatic rings. The Morgan fingerprint density at radius 1 is 1.64 bits per heavy atom. The number of rotatable bonds is 2. The molecular formula is C8H4BrF2IN2. The van der Waals surface area contributed by atoms with Gasteiger partial charge in [0, 0.05) is 9.13 Å². The van der Waals surface area contributed by atoms with Gasteiger partial charge in [-0.05, 0) is 44.6 Å². The first-order valence-corrected chi connectivity index (χ1v) is 5.43. The minimum atomic E-state index is -2.59. The smallest absolute Gasteiger partial charge is 0.243 e. The summed E-state index contributed by atoms with van der Waals surface area (Å²) in [6.45, 7) is 0. The van der Waals surface area contributed by atoms with Gasteiger partial charge in [0.15, 0.2) is 0 Å². The Balaban J connectivity index is 3.25. The molecule has 0 N–H and O–H groups in total. The summed E-state index contributed by atoms with van der Waals surface area (Å²) in [5.74, 6) is 0. The first-order valence-electron chi connectivity index (χ1n) is 3.56. The van der Waals surface area contributed by atoms with Crippen LogP contribution in [0.2, 0.25) is 0 Å². The lowest BCUT2D eigenvalue weighted by atomic mass is 10.1. The molecule has 0 aliphatic heterocycles. The van der Waals surface area contributed by atoms with Crippen LogP contribution in [0.3, 0.4) is 0 Å². The molecule has 0 aliphatic carbocycles. The molecule has 2 nitrogen and oxygen atoms in total. The van der Waals surface area contributed by atoms with E-state index in [0.29, 0.717) is 8.17 Å². The standard InChI is InChI=1S/C8H4BrF2IN2/c9-7-5(12)3-4(8(10)11)6(14-7)1-2-13/h3,8H,1H2. The number of halogens is 4. The van der Waals surface area contributed by atoms with Gasteiger partial charge in [0.1, 0.15) is 4.60 Å². The number of nitrogens with zero attached hydrogens (tertiary/aromatic N) is 2. The highest BCUT2D eigenvalue weighted by atomic mass is 127. The Bertz CT molecular complexity index is 390. The zero-order valence-corrected chi connectivity index (χ0v) is 10.5. The zero-order chi connectivity index (χ0) is 10.7. The van der Waals surface area contributed by atoms with Gasteiger partial charge in [-0.1, -0.05) is 0 Å². The van der Waals surface area contributed by atoms with E-state index in [4.69, 9.17) is 5.26 Å². The van der Waals surface area contributed by atoms with Crippen LogP contribution in [0.5, 0.6) is 0 Å². The molecule has 0 saturated carbocycles. The van der Waals surface area contributed by atoms with Crippen LogP contribution in [0.15, 0.2) is 10.7 Å². The minimum Gasteiger partial charge on any atom is -0.243 e. The Morgan fingerprint density at radius 2 is 2.29 bits per heavy atom. The fourth-order valence-electron chi connectivity index (χ4n) is 0.921. The maximum Gasteiger partial charge on any atom is 0.265 e. The van der Waals surface area contributed by atoms with E-state index in [1.165, 1.54) is 6.07 Å². The molecule has 1 aromatic rings. The lowest BCUT2D eigenvalue weighted by Crippen LogP contribution is -2.00. The van der Waals surface area contributed by atoms with E-state index in [-0.39, 0.29) is 17.7 Å².